The quantitative estimate of drug-likeness (QED) is 0.616. The maximum atomic E-state index is 12.2. The van der Waals surface area contributed by atoms with E-state index in [1.54, 1.807) is 18.2 Å². The number of ether oxygens (including phenoxy) is 2. The number of carbonyl (C=O) groups excluding carboxylic acids is 2. The molecule has 0 atom stereocenters. The van der Waals surface area contributed by atoms with Crippen molar-refractivity contribution in [2.24, 2.45) is 0 Å². The first-order valence-electron chi connectivity index (χ1n) is 9.35. The van der Waals surface area contributed by atoms with Crippen LogP contribution in [0.25, 0.3) is 6.08 Å². The van der Waals surface area contributed by atoms with Crippen LogP contribution >= 0.6 is 0 Å². The molecule has 7 heteroatoms. The van der Waals surface area contributed by atoms with E-state index in [2.05, 4.69) is 15.6 Å². The molecule has 2 heterocycles. The van der Waals surface area contributed by atoms with Gasteiger partial charge < -0.3 is 20.1 Å². The molecule has 3 aromatic rings. The lowest BCUT2D eigenvalue weighted by Crippen LogP contribution is -2.26. The second-order valence-electron chi connectivity index (χ2n) is 6.55. The molecule has 1 aliphatic rings. The predicted octanol–water partition coefficient (Wildman–Crippen LogP) is 3.64. The number of nitrogens with zero attached hydrogens (tertiary/aromatic N) is 1. The van der Waals surface area contributed by atoms with Crippen LogP contribution in [0.5, 0.6) is 11.5 Å². The van der Waals surface area contributed by atoms with Gasteiger partial charge in [-0.1, -0.05) is 42.5 Å². The number of hydrogen-bond donors (Lipinski definition) is 2. The lowest BCUT2D eigenvalue weighted by molar-refractivity contribution is -0.118. The summed E-state index contributed by atoms with van der Waals surface area (Å²) in [6.45, 7) is 0.427. The number of rotatable bonds is 6. The fourth-order valence-electron chi connectivity index (χ4n) is 2.82. The molecular formula is C23H19N3O4. The Morgan fingerprint density at radius 1 is 1.13 bits per heavy atom. The normalized spacial score (nSPS) is 12.6. The van der Waals surface area contributed by atoms with Crippen LogP contribution in [-0.4, -0.2) is 23.4 Å². The molecule has 0 aliphatic carbocycles. The zero-order chi connectivity index (χ0) is 20.8. The van der Waals surface area contributed by atoms with Gasteiger partial charge >= 0.3 is 0 Å². The van der Waals surface area contributed by atoms with Gasteiger partial charge in [0.2, 0.25) is 5.91 Å². The van der Waals surface area contributed by atoms with Crippen molar-refractivity contribution in [3.05, 3.63) is 83.9 Å². The average molecular weight is 401 g/mol. The predicted molar refractivity (Wildman–Crippen MR) is 113 cm³/mol. The summed E-state index contributed by atoms with van der Waals surface area (Å²) in [5.74, 6) is 1.16. The van der Waals surface area contributed by atoms with Gasteiger partial charge in [0.05, 0.1) is 0 Å². The molecule has 0 saturated carbocycles. The molecule has 0 unspecified atom stereocenters. The third-order valence-corrected chi connectivity index (χ3v) is 4.26. The highest BCUT2D eigenvalue weighted by molar-refractivity contribution is 6.02. The summed E-state index contributed by atoms with van der Waals surface area (Å²) < 4.78 is 11.1. The molecule has 2 aromatic carbocycles. The molecular weight excluding hydrogens is 382 g/mol. The van der Waals surface area contributed by atoms with Crippen LogP contribution < -0.4 is 20.1 Å². The average Bonchev–Trinajstić information content (AvgIpc) is 2.77. The molecule has 0 bridgehead atoms. The molecule has 2 N–H and O–H groups in total. The number of carbonyl (C=O) groups is 2. The van der Waals surface area contributed by atoms with E-state index in [1.165, 1.54) is 6.08 Å². The van der Waals surface area contributed by atoms with Gasteiger partial charge in [-0.2, -0.15) is 0 Å². The van der Waals surface area contributed by atoms with Crippen molar-refractivity contribution >= 4 is 29.5 Å². The van der Waals surface area contributed by atoms with Crippen LogP contribution in [0, 0.1) is 0 Å². The summed E-state index contributed by atoms with van der Waals surface area (Å²) in [7, 11) is 0. The first-order valence-corrected chi connectivity index (χ1v) is 9.35. The largest absolute Gasteiger partial charge is 0.489 e. The molecule has 30 heavy (non-hydrogen) atoms. The van der Waals surface area contributed by atoms with Gasteiger partial charge in [0.1, 0.15) is 18.2 Å². The van der Waals surface area contributed by atoms with Crippen LogP contribution in [-0.2, 0) is 16.2 Å². The Hall–Kier alpha value is -4.13. The molecule has 0 spiro atoms. The van der Waals surface area contributed by atoms with Gasteiger partial charge in [0.15, 0.2) is 18.2 Å². The summed E-state index contributed by atoms with van der Waals surface area (Å²) in [6, 6.07) is 20.6. The third kappa shape index (κ3) is 5.02. The van der Waals surface area contributed by atoms with Crippen LogP contribution in [0.1, 0.15) is 11.1 Å². The fourth-order valence-corrected chi connectivity index (χ4v) is 2.82. The molecule has 7 nitrogen and oxygen atoms in total. The molecule has 0 saturated heterocycles. The highest BCUT2D eigenvalue weighted by Gasteiger charge is 2.17. The molecule has 1 aliphatic heterocycles. The number of hydrogen-bond acceptors (Lipinski definition) is 5. The molecule has 150 valence electrons. The van der Waals surface area contributed by atoms with Crippen molar-refractivity contribution in [3.8, 4) is 11.5 Å². The smallest absolute Gasteiger partial charge is 0.263 e. The maximum absolute atomic E-state index is 12.2. The van der Waals surface area contributed by atoms with Crippen molar-refractivity contribution in [1.82, 2.24) is 4.98 Å². The van der Waals surface area contributed by atoms with Gasteiger partial charge in [0.25, 0.3) is 5.91 Å². The summed E-state index contributed by atoms with van der Waals surface area (Å²) in [5.41, 5.74) is 1.91. The van der Waals surface area contributed by atoms with Crippen molar-refractivity contribution in [2.45, 2.75) is 6.61 Å². The Balaban J connectivity index is 1.36. The van der Waals surface area contributed by atoms with Crippen LogP contribution in [0.15, 0.2) is 72.8 Å². The molecule has 2 amide bonds. The van der Waals surface area contributed by atoms with Gasteiger partial charge in [-0.25, -0.2) is 4.98 Å². The Kier molecular flexibility index (Phi) is 5.70. The van der Waals surface area contributed by atoms with Crippen LogP contribution in [0.2, 0.25) is 0 Å². The van der Waals surface area contributed by atoms with E-state index in [0.717, 1.165) is 11.1 Å². The van der Waals surface area contributed by atoms with Crippen molar-refractivity contribution in [1.29, 1.82) is 0 Å². The summed E-state index contributed by atoms with van der Waals surface area (Å²) >= 11 is 0. The van der Waals surface area contributed by atoms with Crippen molar-refractivity contribution in [3.63, 3.8) is 0 Å². The van der Waals surface area contributed by atoms with E-state index < -0.39 is 0 Å². The third-order valence-electron chi connectivity index (χ3n) is 4.26. The highest BCUT2D eigenvalue weighted by Crippen LogP contribution is 2.26. The number of aromatic nitrogens is 1. The minimum atomic E-state index is -0.346. The molecule has 4 rings (SSSR count). The number of fused-ring (bicyclic) bond motifs is 1. The second-order valence-corrected chi connectivity index (χ2v) is 6.55. The minimum Gasteiger partial charge on any atom is -0.489 e. The summed E-state index contributed by atoms with van der Waals surface area (Å²) in [4.78, 5) is 27.8. The Morgan fingerprint density at radius 3 is 2.87 bits per heavy atom. The van der Waals surface area contributed by atoms with Crippen molar-refractivity contribution in [2.75, 3.05) is 17.2 Å². The summed E-state index contributed by atoms with van der Waals surface area (Å²) in [5, 5.41) is 5.27. The Morgan fingerprint density at radius 2 is 2.00 bits per heavy atom. The summed E-state index contributed by atoms with van der Waals surface area (Å²) in [6.07, 6.45) is 3.10. The van der Waals surface area contributed by atoms with E-state index in [9.17, 15) is 9.59 Å². The monoisotopic (exact) mass is 401 g/mol. The van der Waals surface area contributed by atoms with E-state index in [-0.39, 0.29) is 24.2 Å². The zero-order valence-corrected chi connectivity index (χ0v) is 16.0. The van der Waals surface area contributed by atoms with Gasteiger partial charge in [-0.3, -0.25) is 9.59 Å². The first-order chi connectivity index (χ1) is 14.7. The number of benzene rings is 2. The fraction of sp³-hybridized carbons (Fsp3) is 0.0870. The number of nitrogens with one attached hydrogen (secondary N) is 2. The number of anilines is 2. The first kappa shape index (κ1) is 19.2. The molecule has 0 fully saturated rings. The van der Waals surface area contributed by atoms with E-state index in [0.29, 0.717) is 23.9 Å². The van der Waals surface area contributed by atoms with E-state index >= 15 is 0 Å². The highest BCUT2D eigenvalue weighted by atomic mass is 16.5. The van der Waals surface area contributed by atoms with Gasteiger partial charge in [-0.15, -0.1) is 0 Å². The second kappa shape index (κ2) is 8.91. The lowest BCUT2D eigenvalue weighted by Gasteiger charge is -2.17. The lowest BCUT2D eigenvalue weighted by atomic mass is 10.2. The SMILES string of the molecule is O=C(/C=C/c1cccc(OCc2ccccc2)c1)Nc1ccc2c(n1)NC(=O)CO2. The Bertz CT molecular complexity index is 1100. The van der Waals surface area contributed by atoms with E-state index in [4.69, 9.17) is 9.47 Å². The van der Waals surface area contributed by atoms with Gasteiger partial charge in [0, 0.05) is 6.08 Å². The van der Waals surface area contributed by atoms with E-state index in [1.807, 2.05) is 54.6 Å². The zero-order valence-electron chi connectivity index (χ0n) is 16.0. The maximum Gasteiger partial charge on any atom is 0.263 e. The topological polar surface area (TPSA) is 89.5 Å². The number of pyridine rings is 1. The number of amides is 2. The van der Waals surface area contributed by atoms with Crippen LogP contribution in [0.3, 0.4) is 0 Å². The molecule has 0 radical (unpaired) electrons. The molecule has 1 aromatic heterocycles. The van der Waals surface area contributed by atoms with Crippen LogP contribution in [0.4, 0.5) is 11.6 Å². The standard InChI is InChI=1S/C23H19N3O4/c27-21(24-20-11-10-19-23(25-20)26-22(28)15-30-19)12-9-16-7-4-8-18(13-16)29-14-17-5-2-1-3-6-17/h1-13H,14-15H2,(H2,24,25,26,27,28)/b12-9+. The minimum absolute atomic E-state index is 0.0444. The van der Waals surface area contributed by atoms with Gasteiger partial charge in [-0.05, 0) is 41.5 Å². The van der Waals surface area contributed by atoms with Crippen molar-refractivity contribution < 1.29 is 19.1 Å². The Labute approximate surface area is 173 Å².